The Morgan fingerprint density at radius 2 is 2.12 bits per heavy atom. The molecule has 140 valence electrons. The minimum absolute atomic E-state index is 0.0916. The second-order valence-electron chi connectivity index (χ2n) is 5.00. The molecule has 0 saturated heterocycles. The van der Waals surface area contributed by atoms with Gasteiger partial charge in [-0.15, -0.1) is 0 Å². The Bertz CT molecular complexity index is 856. The lowest BCUT2D eigenvalue weighted by molar-refractivity contribution is -0.113. The van der Waals surface area contributed by atoms with Gasteiger partial charge in [-0.1, -0.05) is 11.3 Å². The molecular weight excluding hydrogens is 384 g/mol. The Kier molecular flexibility index (Phi) is 6.64. The fourth-order valence-electron chi connectivity index (χ4n) is 1.92. The Labute approximate surface area is 154 Å². The predicted octanol–water partition coefficient (Wildman–Crippen LogP) is 1.81. The fraction of sp³-hybridized carbons (Fsp3) is 0.333. The zero-order chi connectivity index (χ0) is 19.3. The summed E-state index contributed by atoms with van der Waals surface area (Å²) in [7, 11) is -1.60. The summed E-state index contributed by atoms with van der Waals surface area (Å²) < 4.78 is 21.9. The molecule has 0 aromatic carbocycles. The van der Waals surface area contributed by atoms with Crippen molar-refractivity contribution in [3.63, 3.8) is 0 Å². The maximum absolute atomic E-state index is 12.0. The highest BCUT2D eigenvalue weighted by atomic mass is 32.2. The number of hydrogen-bond acceptors (Lipinski definition) is 8. The summed E-state index contributed by atoms with van der Waals surface area (Å²) in [6.07, 6.45) is 0. The highest BCUT2D eigenvalue weighted by molar-refractivity contribution is 7.84. The zero-order valence-electron chi connectivity index (χ0n) is 13.9. The maximum atomic E-state index is 12.0. The van der Waals surface area contributed by atoms with Gasteiger partial charge in [0.15, 0.2) is 5.13 Å². The van der Waals surface area contributed by atoms with Crippen molar-refractivity contribution in [2.24, 2.45) is 0 Å². The first-order valence-corrected chi connectivity index (χ1v) is 9.72. The van der Waals surface area contributed by atoms with Crippen molar-refractivity contribution < 1.29 is 32.9 Å². The first-order valence-electron chi connectivity index (χ1n) is 7.41. The number of nitrogens with one attached hydrogen (secondary N) is 1. The van der Waals surface area contributed by atoms with Crippen LogP contribution in [0.25, 0.3) is 0 Å². The van der Waals surface area contributed by atoms with Crippen LogP contribution in [0.4, 0.5) is 5.13 Å². The van der Waals surface area contributed by atoms with E-state index in [1.807, 2.05) is 0 Å². The Hall–Kier alpha value is -2.53. The number of ether oxygens (including phenoxy) is 1. The van der Waals surface area contributed by atoms with E-state index in [-0.39, 0.29) is 34.8 Å². The van der Waals surface area contributed by atoms with Crippen LogP contribution in [-0.4, -0.2) is 44.5 Å². The van der Waals surface area contributed by atoms with E-state index in [1.165, 1.54) is 12.1 Å². The molecule has 0 bridgehead atoms. The number of furan rings is 1. The van der Waals surface area contributed by atoms with E-state index in [0.717, 1.165) is 11.3 Å². The second kappa shape index (κ2) is 8.72. The molecule has 1 amide bonds. The molecule has 9 nitrogen and oxygen atoms in total. The number of aromatic nitrogens is 1. The van der Waals surface area contributed by atoms with Crippen LogP contribution in [0.15, 0.2) is 16.5 Å². The number of esters is 1. The van der Waals surface area contributed by atoms with Crippen molar-refractivity contribution >= 4 is 45.1 Å². The maximum Gasteiger partial charge on any atom is 0.371 e. The van der Waals surface area contributed by atoms with Crippen molar-refractivity contribution in [2.75, 3.05) is 17.7 Å². The van der Waals surface area contributed by atoms with Gasteiger partial charge in [0, 0.05) is 10.8 Å². The normalized spacial score (nSPS) is 11.8. The van der Waals surface area contributed by atoms with Gasteiger partial charge in [-0.3, -0.25) is 9.00 Å². The molecule has 1 atom stereocenters. The zero-order valence-corrected chi connectivity index (χ0v) is 15.6. The Balaban J connectivity index is 1.91. The lowest BCUT2D eigenvalue weighted by Gasteiger charge is -2.01. The van der Waals surface area contributed by atoms with Crippen molar-refractivity contribution in [3.05, 3.63) is 34.2 Å². The Morgan fingerprint density at radius 3 is 2.73 bits per heavy atom. The van der Waals surface area contributed by atoms with E-state index >= 15 is 0 Å². The first-order chi connectivity index (χ1) is 12.3. The van der Waals surface area contributed by atoms with Gasteiger partial charge in [0.1, 0.15) is 16.4 Å². The highest BCUT2D eigenvalue weighted by Crippen LogP contribution is 2.23. The number of hydrogen-bond donors (Lipinski definition) is 2. The molecular formula is C15H16N2O7S2. The molecule has 0 aliphatic carbocycles. The number of aromatic carboxylic acids is 1. The second-order valence-corrected chi connectivity index (χ2v) is 7.46. The minimum atomic E-state index is -1.60. The average molecular weight is 400 g/mol. The van der Waals surface area contributed by atoms with Gasteiger partial charge in [0.25, 0.3) is 0 Å². The van der Waals surface area contributed by atoms with Gasteiger partial charge in [0.05, 0.1) is 18.1 Å². The number of aryl methyl sites for hydroxylation is 1. The summed E-state index contributed by atoms with van der Waals surface area (Å²) in [5.41, 5.74) is 0.432. The summed E-state index contributed by atoms with van der Waals surface area (Å²) in [4.78, 5) is 38.8. The van der Waals surface area contributed by atoms with Gasteiger partial charge >= 0.3 is 11.9 Å². The van der Waals surface area contributed by atoms with Crippen LogP contribution in [-0.2, 0) is 26.1 Å². The van der Waals surface area contributed by atoms with Gasteiger partial charge in [-0.2, -0.15) is 0 Å². The highest BCUT2D eigenvalue weighted by Gasteiger charge is 2.19. The molecule has 0 fully saturated rings. The van der Waals surface area contributed by atoms with Crippen LogP contribution in [0.2, 0.25) is 0 Å². The third-order valence-corrected chi connectivity index (χ3v) is 5.22. The van der Waals surface area contributed by atoms with E-state index in [0.29, 0.717) is 10.6 Å². The molecule has 2 N–H and O–H groups in total. The van der Waals surface area contributed by atoms with Crippen LogP contribution in [0, 0.1) is 6.92 Å². The van der Waals surface area contributed by atoms with Gasteiger partial charge in [-0.05, 0) is 26.0 Å². The molecule has 0 aliphatic heterocycles. The number of carbonyl (C=O) groups is 3. The molecule has 2 rings (SSSR count). The lowest BCUT2D eigenvalue weighted by atomic mass is 10.4. The summed E-state index contributed by atoms with van der Waals surface area (Å²) in [6.45, 7) is 3.53. The molecule has 0 aliphatic rings. The molecule has 0 radical (unpaired) electrons. The number of rotatable bonds is 8. The molecule has 2 aromatic heterocycles. The van der Waals surface area contributed by atoms with E-state index in [2.05, 4.69) is 10.3 Å². The number of carboxylic acid groups (broad SMARTS) is 1. The quantitative estimate of drug-likeness (QED) is 0.640. The van der Waals surface area contributed by atoms with Crippen LogP contribution in [0.1, 0.15) is 38.6 Å². The number of carboxylic acids is 1. The minimum Gasteiger partial charge on any atom is -0.475 e. The first kappa shape index (κ1) is 19.8. The molecule has 26 heavy (non-hydrogen) atoms. The van der Waals surface area contributed by atoms with Gasteiger partial charge in [-0.25, -0.2) is 14.6 Å². The summed E-state index contributed by atoms with van der Waals surface area (Å²) >= 11 is 0.973. The van der Waals surface area contributed by atoms with Gasteiger partial charge in [0.2, 0.25) is 11.7 Å². The van der Waals surface area contributed by atoms with E-state index < -0.39 is 28.6 Å². The van der Waals surface area contributed by atoms with E-state index in [9.17, 15) is 18.6 Å². The topological polar surface area (TPSA) is 136 Å². The predicted molar refractivity (Wildman–Crippen MR) is 93.8 cm³/mol. The number of amides is 1. The van der Waals surface area contributed by atoms with Crippen LogP contribution >= 0.6 is 11.3 Å². The molecule has 1 unspecified atom stereocenters. The number of carbonyl (C=O) groups excluding carboxylic acids is 2. The van der Waals surface area contributed by atoms with Crippen LogP contribution in [0.3, 0.4) is 0 Å². The smallest absolute Gasteiger partial charge is 0.371 e. The van der Waals surface area contributed by atoms with Crippen molar-refractivity contribution in [1.29, 1.82) is 0 Å². The third kappa shape index (κ3) is 5.23. The SMILES string of the molecule is CCOC(=O)c1sc(NC(=O)CS(=O)Cc2ccc(C(=O)O)o2)nc1C. The van der Waals surface area contributed by atoms with Crippen LogP contribution in [0.5, 0.6) is 0 Å². The molecule has 2 heterocycles. The molecule has 0 saturated carbocycles. The molecule has 11 heteroatoms. The number of thiazole rings is 1. The summed E-state index contributed by atoms with van der Waals surface area (Å²) in [5.74, 6) is -2.75. The third-order valence-electron chi connectivity index (χ3n) is 2.97. The summed E-state index contributed by atoms with van der Waals surface area (Å²) in [5, 5.41) is 11.5. The lowest BCUT2D eigenvalue weighted by Crippen LogP contribution is -2.20. The van der Waals surface area contributed by atoms with Crippen molar-refractivity contribution in [3.8, 4) is 0 Å². The number of anilines is 1. The number of nitrogens with zero attached hydrogens (tertiary/aromatic N) is 1. The largest absolute Gasteiger partial charge is 0.475 e. The van der Waals surface area contributed by atoms with Crippen molar-refractivity contribution in [1.82, 2.24) is 4.98 Å². The fourth-order valence-corrected chi connectivity index (χ4v) is 3.73. The van der Waals surface area contributed by atoms with E-state index in [1.54, 1.807) is 13.8 Å². The standard InChI is InChI=1S/C15H16N2O7S2/c1-3-23-14(21)12-8(2)16-15(25-12)17-11(18)7-26(22)6-9-4-5-10(24-9)13(19)20/h4-5H,3,6-7H2,1-2H3,(H,19,20)(H,16,17,18). The van der Waals surface area contributed by atoms with Crippen molar-refractivity contribution in [2.45, 2.75) is 19.6 Å². The Morgan fingerprint density at radius 1 is 1.38 bits per heavy atom. The monoisotopic (exact) mass is 400 g/mol. The summed E-state index contributed by atoms with van der Waals surface area (Å²) in [6, 6.07) is 2.65. The van der Waals surface area contributed by atoms with E-state index in [4.69, 9.17) is 14.3 Å². The molecule has 0 spiro atoms. The average Bonchev–Trinajstić information content (AvgIpc) is 3.14. The molecule has 2 aromatic rings. The van der Waals surface area contributed by atoms with Crippen LogP contribution < -0.4 is 5.32 Å². The van der Waals surface area contributed by atoms with Gasteiger partial charge < -0.3 is 19.6 Å².